The summed E-state index contributed by atoms with van der Waals surface area (Å²) in [6.07, 6.45) is 1.98. The fourth-order valence-corrected chi connectivity index (χ4v) is 3.38. The van der Waals surface area contributed by atoms with E-state index in [9.17, 15) is 13.2 Å². The molecular weight excluding hydrogens is 409 g/mol. The number of anilines is 3. The standard InChI is InChI=1S/C21H17F3N6O/c22-12-3-8-15-16(9-12)30(19(27-15)11-1-2-11)21-28-17(25)10-18(29-21)26-13-4-6-14(7-5-13)31-20(23)24/h3-11,20H,1-2H2,(H3,25,26,28,29). The molecule has 1 aliphatic rings. The Balaban J connectivity index is 1.52. The highest BCUT2D eigenvalue weighted by Gasteiger charge is 2.31. The van der Waals surface area contributed by atoms with E-state index in [0.717, 1.165) is 18.7 Å². The summed E-state index contributed by atoms with van der Waals surface area (Å²) in [4.78, 5) is 13.5. The zero-order valence-electron chi connectivity index (χ0n) is 16.1. The molecule has 1 fully saturated rings. The molecule has 0 radical (unpaired) electrons. The Kier molecular flexibility index (Phi) is 4.61. The normalized spacial score (nSPS) is 13.7. The second-order valence-electron chi connectivity index (χ2n) is 7.22. The Morgan fingerprint density at radius 1 is 1.03 bits per heavy atom. The summed E-state index contributed by atoms with van der Waals surface area (Å²) in [5, 5.41) is 3.07. The third kappa shape index (κ3) is 3.96. The number of fused-ring (bicyclic) bond motifs is 1. The van der Waals surface area contributed by atoms with Gasteiger partial charge in [0, 0.05) is 23.7 Å². The number of halogens is 3. The van der Waals surface area contributed by atoms with Crippen molar-refractivity contribution in [2.45, 2.75) is 25.4 Å². The van der Waals surface area contributed by atoms with E-state index in [1.54, 1.807) is 28.8 Å². The van der Waals surface area contributed by atoms with E-state index in [1.165, 1.54) is 24.3 Å². The first-order valence-electron chi connectivity index (χ1n) is 9.61. The van der Waals surface area contributed by atoms with Gasteiger partial charge in [-0.25, -0.2) is 9.37 Å². The van der Waals surface area contributed by atoms with E-state index in [-0.39, 0.29) is 29.3 Å². The number of rotatable bonds is 6. The number of nitrogens with zero attached hydrogens (tertiary/aromatic N) is 4. The van der Waals surface area contributed by atoms with Gasteiger partial charge < -0.3 is 15.8 Å². The molecule has 1 saturated carbocycles. The number of aromatic nitrogens is 4. The van der Waals surface area contributed by atoms with Crippen molar-refractivity contribution in [1.29, 1.82) is 0 Å². The smallest absolute Gasteiger partial charge is 0.387 e. The van der Waals surface area contributed by atoms with Gasteiger partial charge in [-0.1, -0.05) is 0 Å². The molecule has 0 unspecified atom stereocenters. The molecule has 0 amide bonds. The summed E-state index contributed by atoms with van der Waals surface area (Å²) in [7, 11) is 0. The maximum Gasteiger partial charge on any atom is 0.387 e. The van der Waals surface area contributed by atoms with Crippen molar-refractivity contribution in [3.8, 4) is 11.7 Å². The summed E-state index contributed by atoms with van der Waals surface area (Å²) in [5.41, 5.74) is 7.82. The minimum absolute atomic E-state index is 0.0458. The van der Waals surface area contributed by atoms with Crippen molar-refractivity contribution in [2.75, 3.05) is 11.1 Å². The van der Waals surface area contributed by atoms with E-state index >= 15 is 0 Å². The number of hydrogen-bond donors (Lipinski definition) is 2. The van der Waals surface area contributed by atoms with Crippen molar-refractivity contribution in [1.82, 2.24) is 19.5 Å². The van der Waals surface area contributed by atoms with Gasteiger partial charge in [0.05, 0.1) is 11.0 Å². The molecule has 2 heterocycles. The van der Waals surface area contributed by atoms with E-state index in [1.807, 2.05) is 0 Å². The van der Waals surface area contributed by atoms with Crippen LogP contribution in [0.2, 0.25) is 0 Å². The van der Waals surface area contributed by atoms with Crippen molar-refractivity contribution in [3.05, 3.63) is 60.2 Å². The van der Waals surface area contributed by atoms with Crippen LogP contribution in [0.3, 0.4) is 0 Å². The Bertz CT molecular complexity index is 1250. The molecule has 0 spiro atoms. The number of nitrogen functional groups attached to an aromatic ring is 1. The Morgan fingerprint density at radius 2 is 1.81 bits per heavy atom. The number of alkyl halides is 2. The zero-order chi connectivity index (χ0) is 21.5. The molecule has 31 heavy (non-hydrogen) atoms. The molecule has 0 bridgehead atoms. The molecule has 0 aliphatic heterocycles. The van der Waals surface area contributed by atoms with Crippen molar-refractivity contribution in [3.63, 3.8) is 0 Å². The molecular formula is C21H17F3N6O. The van der Waals surface area contributed by atoms with Crippen LogP contribution in [0, 0.1) is 5.82 Å². The van der Waals surface area contributed by atoms with Crippen LogP contribution in [-0.2, 0) is 0 Å². The van der Waals surface area contributed by atoms with Gasteiger partial charge in [-0.15, -0.1) is 0 Å². The Labute approximate surface area is 174 Å². The quantitative estimate of drug-likeness (QED) is 0.462. The van der Waals surface area contributed by atoms with E-state index in [2.05, 4.69) is 25.0 Å². The monoisotopic (exact) mass is 426 g/mol. The van der Waals surface area contributed by atoms with Crippen LogP contribution >= 0.6 is 0 Å². The van der Waals surface area contributed by atoms with E-state index in [0.29, 0.717) is 22.5 Å². The summed E-state index contributed by atoms with van der Waals surface area (Å²) in [6.45, 7) is -2.89. The third-order valence-electron chi connectivity index (χ3n) is 4.87. The molecule has 7 nitrogen and oxygen atoms in total. The van der Waals surface area contributed by atoms with Crippen molar-refractivity contribution in [2.24, 2.45) is 0 Å². The average molecular weight is 426 g/mol. The number of nitrogens with two attached hydrogens (primary N) is 1. The number of hydrogen-bond acceptors (Lipinski definition) is 6. The fourth-order valence-electron chi connectivity index (χ4n) is 3.38. The first-order valence-corrected chi connectivity index (χ1v) is 9.61. The van der Waals surface area contributed by atoms with Crippen molar-refractivity contribution < 1.29 is 17.9 Å². The maximum atomic E-state index is 13.9. The van der Waals surface area contributed by atoms with Crippen LogP contribution in [0.15, 0.2) is 48.5 Å². The molecule has 10 heteroatoms. The van der Waals surface area contributed by atoms with Crippen LogP contribution in [0.4, 0.5) is 30.5 Å². The zero-order valence-corrected chi connectivity index (χ0v) is 16.1. The third-order valence-corrected chi connectivity index (χ3v) is 4.87. The van der Waals surface area contributed by atoms with Crippen LogP contribution < -0.4 is 15.8 Å². The van der Waals surface area contributed by atoms with Crippen LogP contribution in [0.1, 0.15) is 24.6 Å². The molecule has 0 saturated heterocycles. The Hall–Kier alpha value is -3.82. The number of ether oxygens (including phenoxy) is 1. The lowest BCUT2D eigenvalue weighted by Gasteiger charge is -2.12. The van der Waals surface area contributed by atoms with E-state index < -0.39 is 6.61 Å². The van der Waals surface area contributed by atoms with Gasteiger partial charge in [0.2, 0.25) is 5.95 Å². The predicted molar refractivity (Wildman–Crippen MR) is 109 cm³/mol. The van der Waals surface area contributed by atoms with Gasteiger partial charge in [-0.2, -0.15) is 18.7 Å². The first kappa shape index (κ1) is 19.2. The van der Waals surface area contributed by atoms with Gasteiger partial charge in [0.1, 0.15) is 29.0 Å². The molecule has 5 rings (SSSR count). The molecule has 0 atom stereocenters. The maximum absolute atomic E-state index is 13.9. The van der Waals surface area contributed by atoms with Crippen LogP contribution in [0.25, 0.3) is 17.0 Å². The van der Waals surface area contributed by atoms with Gasteiger partial charge in [-0.05, 0) is 49.2 Å². The van der Waals surface area contributed by atoms with Gasteiger partial charge >= 0.3 is 6.61 Å². The molecule has 2 aromatic carbocycles. The molecule has 2 aromatic heterocycles. The van der Waals surface area contributed by atoms with Gasteiger partial charge in [0.15, 0.2) is 0 Å². The summed E-state index contributed by atoms with van der Waals surface area (Å²) in [6, 6.07) is 11.9. The minimum atomic E-state index is -2.89. The highest BCUT2D eigenvalue weighted by Crippen LogP contribution is 2.41. The summed E-state index contributed by atoms with van der Waals surface area (Å²) >= 11 is 0. The lowest BCUT2D eigenvalue weighted by molar-refractivity contribution is -0.0498. The van der Waals surface area contributed by atoms with Gasteiger partial charge in [-0.3, -0.25) is 4.57 Å². The fraction of sp³-hybridized carbons (Fsp3) is 0.190. The number of nitrogens with one attached hydrogen (secondary N) is 1. The highest BCUT2D eigenvalue weighted by atomic mass is 19.3. The second kappa shape index (κ2) is 7.46. The largest absolute Gasteiger partial charge is 0.435 e. The second-order valence-corrected chi connectivity index (χ2v) is 7.22. The summed E-state index contributed by atoms with van der Waals surface area (Å²) < 4.78 is 44.7. The first-order chi connectivity index (χ1) is 15.0. The SMILES string of the molecule is Nc1cc(Nc2ccc(OC(F)F)cc2)nc(-n2c(C3CC3)nc3ccc(F)cc32)n1. The number of imidazole rings is 1. The summed E-state index contributed by atoms with van der Waals surface area (Å²) in [5.74, 6) is 1.57. The van der Waals surface area contributed by atoms with Crippen molar-refractivity contribution >= 4 is 28.4 Å². The van der Waals surface area contributed by atoms with Gasteiger partial charge in [0.25, 0.3) is 0 Å². The molecule has 158 valence electrons. The minimum Gasteiger partial charge on any atom is -0.435 e. The Morgan fingerprint density at radius 3 is 2.52 bits per heavy atom. The number of benzene rings is 2. The molecule has 1 aliphatic carbocycles. The van der Waals surface area contributed by atoms with E-state index in [4.69, 9.17) is 5.73 Å². The lowest BCUT2D eigenvalue weighted by Crippen LogP contribution is -2.09. The average Bonchev–Trinajstić information content (AvgIpc) is 3.49. The molecule has 4 aromatic rings. The highest BCUT2D eigenvalue weighted by molar-refractivity contribution is 5.78. The lowest BCUT2D eigenvalue weighted by atomic mass is 10.3. The van der Waals surface area contributed by atoms with Crippen LogP contribution in [-0.4, -0.2) is 26.1 Å². The molecule has 3 N–H and O–H groups in total. The van der Waals surface area contributed by atoms with Crippen LogP contribution in [0.5, 0.6) is 5.75 Å². The topological polar surface area (TPSA) is 90.9 Å². The predicted octanol–water partition coefficient (Wildman–Crippen LogP) is 4.76.